The molecule has 0 unspecified atom stereocenters. The van der Waals surface area contributed by atoms with E-state index < -0.39 is 34.7 Å². The number of carbonyl (C=O) groups is 1. The van der Waals surface area contributed by atoms with Gasteiger partial charge in [-0.05, 0) is 49.4 Å². The van der Waals surface area contributed by atoms with Gasteiger partial charge in [-0.15, -0.1) is 0 Å². The zero-order chi connectivity index (χ0) is 22.0. The predicted octanol–water partition coefficient (Wildman–Crippen LogP) is 4.61. The Morgan fingerprint density at radius 2 is 2.00 bits per heavy atom. The lowest BCUT2D eigenvalue weighted by atomic mass is 9.95. The van der Waals surface area contributed by atoms with Crippen LogP contribution >= 0.6 is 11.6 Å². The summed E-state index contributed by atoms with van der Waals surface area (Å²) in [5, 5.41) is 17.6. The molecule has 2 saturated carbocycles. The molecule has 0 spiro atoms. The van der Waals surface area contributed by atoms with Crippen LogP contribution in [0.4, 0.5) is 13.2 Å². The number of aliphatic carboxylic acids is 1. The first-order chi connectivity index (χ1) is 14.7. The Morgan fingerprint density at radius 3 is 2.58 bits per heavy atom. The van der Waals surface area contributed by atoms with Gasteiger partial charge in [-0.1, -0.05) is 22.8 Å². The number of aromatic nitrogens is 4. The van der Waals surface area contributed by atoms with E-state index in [1.807, 2.05) is 0 Å². The molecule has 0 atom stereocenters. The molecule has 7 nitrogen and oxygen atoms in total. The van der Waals surface area contributed by atoms with E-state index in [-0.39, 0.29) is 23.2 Å². The van der Waals surface area contributed by atoms with Crippen LogP contribution in [0.15, 0.2) is 28.8 Å². The van der Waals surface area contributed by atoms with Crippen molar-refractivity contribution in [2.45, 2.75) is 44.1 Å². The molecule has 31 heavy (non-hydrogen) atoms. The average molecular weight is 453 g/mol. The second-order valence-corrected chi connectivity index (χ2v) is 8.53. The van der Waals surface area contributed by atoms with Crippen molar-refractivity contribution in [3.63, 3.8) is 0 Å². The number of benzene rings is 1. The second-order valence-electron chi connectivity index (χ2n) is 8.13. The number of carboxylic acid groups (broad SMARTS) is 1. The summed E-state index contributed by atoms with van der Waals surface area (Å²) < 4.78 is 46.6. The van der Waals surface area contributed by atoms with Crippen LogP contribution < -0.4 is 0 Å². The minimum Gasteiger partial charge on any atom is -0.481 e. The van der Waals surface area contributed by atoms with E-state index in [0.29, 0.717) is 37.1 Å². The van der Waals surface area contributed by atoms with Crippen LogP contribution in [0.3, 0.4) is 0 Å². The third kappa shape index (κ3) is 3.29. The maximum Gasteiger partial charge on any atom is 0.311 e. The molecule has 162 valence electrons. The molecule has 0 saturated heterocycles. The molecular weight excluding hydrogens is 437 g/mol. The third-order valence-electron chi connectivity index (χ3n) is 6.05. The Kier molecular flexibility index (Phi) is 4.40. The van der Waals surface area contributed by atoms with Gasteiger partial charge in [0.1, 0.15) is 17.2 Å². The van der Waals surface area contributed by atoms with Crippen molar-refractivity contribution < 1.29 is 27.6 Å². The SMILES string of the molecule is O=C(O)C1(Cn2nc(C(F)F)cc2-c2nc(C3(c4ccc(F)cc4Cl)CC3)no2)CC1. The van der Waals surface area contributed by atoms with Crippen LogP contribution in [0.25, 0.3) is 11.6 Å². The van der Waals surface area contributed by atoms with Crippen molar-refractivity contribution in [3.8, 4) is 11.6 Å². The van der Waals surface area contributed by atoms with E-state index in [1.165, 1.54) is 16.8 Å². The van der Waals surface area contributed by atoms with Gasteiger partial charge in [-0.3, -0.25) is 9.48 Å². The van der Waals surface area contributed by atoms with Crippen molar-refractivity contribution in [1.82, 2.24) is 19.9 Å². The van der Waals surface area contributed by atoms with Gasteiger partial charge in [0.25, 0.3) is 12.3 Å². The summed E-state index contributed by atoms with van der Waals surface area (Å²) >= 11 is 6.22. The van der Waals surface area contributed by atoms with Gasteiger partial charge in [-0.25, -0.2) is 13.2 Å². The fourth-order valence-electron chi connectivity index (χ4n) is 3.85. The maximum atomic E-state index is 13.4. The topological polar surface area (TPSA) is 94.0 Å². The summed E-state index contributed by atoms with van der Waals surface area (Å²) in [7, 11) is 0. The molecule has 3 aromatic rings. The van der Waals surface area contributed by atoms with Crippen molar-refractivity contribution in [3.05, 3.63) is 52.2 Å². The highest BCUT2D eigenvalue weighted by molar-refractivity contribution is 6.31. The fourth-order valence-corrected chi connectivity index (χ4v) is 4.20. The normalized spacial score (nSPS) is 18.4. The van der Waals surface area contributed by atoms with Gasteiger partial charge in [0, 0.05) is 5.02 Å². The Balaban J connectivity index is 1.52. The highest BCUT2D eigenvalue weighted by atomic mass is 35.5. The van der Waals surface area contributed by atoms with Crippen molar-refractivity contribution in [2.24, 2.45) is 5.41 Å². The van der Waals surface area contributed by atoms with Crippen molar-refractivity contribution in [1.29, 1.82) is 0 Å². The summed E-state index contributed by atoms with van der Waals surface area (Å²) in [5.41, 5.74) is -1.38. The first kappa shape index (κ1) is 20.0. The fraction of sp³-hybridized carbons (Fsp3) is 0.400. The highest BCUT2D eigenvalue weighted by Gasteiger charge is 2.52. The van der Waals surface area contributed by atoms with E-state index in [4.69, 9.17) is 16.1 Å². The number of nitrogens with zero attached hydrogens (tertiary/aromatic N) is 4. The number of alkyl halides is 2. The zero-order valence-corrected chi connectivity index (χ0v) is 16.7. The summed E-state index contributed by atoms with van der Waals surface area (Å²) in [4.78, 5) is 16.0. The molecule has 0 aliphatic heterocycles. The summed E-state index contributed by atoms with van der Waals surface area (Å²) in [6.45, 7) is -0.0724. The van der Waals surface area contributed by atoms with Crippen molar-refractivity contribution in [2.75, 3.05) is 0 Å². The largest absolute Gasteiger partial charge is 0.481 e. The van der Waals surface area contributed by atoms with Gasteiger partial charge in [0.2, 0.25) is 0 Å². The summed E-state index contributed by atoms with van der Waals surface area (Å²) in [6, 6.07) is 5.21. The van der Waals surface area contributed by atoms with E-state index in [1.54, 1.807) is 6.07 Å². The van der Waals surface area contributed by atoms with Crippen LogP contribution in [0.1, 0.15) is 49.2 Å². The van der Waals surface area contributed by atoms with Gasteiger partial charge >= 0.3 is 5.97 Å². The van der Waals surface area contributed by atoms with E-state index in [2.05, 4.69) is 15.2 Å². The van der Waals surface area contributed by atoms with Gasteiger partial charge in [0.15, 0.2) is 5.82 Å². The molecule has 1 N–H and O–H groups in total. The first-order valence-electron chi connectivity index (χ1n) is 9.63. The Labute approximate surface area is 178 Å². The third-order valence-corrected chi connectivity index (χ3v) is 6.36. The second kappa shape index (κ2) is 6.81. The van der Waals surface area contributed by atoms with E-state index in [9.17, 15) is 23.1 Å². The van der Waals surface area contributed by atoms with Crippen LogP contribution in [0, 0.1) is 11.2 Å². The van der Waals surface area contributed by atoms with Crippen LogP contribution in [-0.4, -0.2) is 31.0 Å². The zero-order valence-electron chi connectivity index (χ0n) is 16.0. The average Bonchev–Trinajstić information content (AvgIpc) is 3.57. The molecule has 2 heterocycles. The monoisotopic (exact) mass is 452 g/mol. The number of hydrogen-bond donors (Lipinski definition) is 1. The molecule has 1 aromatic carbocycles. The predicted molar refractivity (Wildman–Crippen MR) is 101 cm³/mol. The number of rotatable bonds is 7. The quantitative estimate of drug-likeness (QED) is 0.562. The van der Waals surface area contributed by atoms with Gasteiger partial charge < -0.3 is 9.63 Å². The summed E-state index contributed by atoms with van der Waals surface area (Å²) in [6.07, 6.45) is -0.628. The van der Waals surface area contributed by atoms with E-state index in [0.717, 1.165) is 6.07 Å². The lowest BCUT2D eigenvalue weighted by Crippen LogP contribution is -2.22. The number of halogens is 4. The first-order valence-corrected chi connectivity index (χ1v) is 10.0. The Bertz CT molecular complexity index is 1180. The molecule has 5 rings (SSSR count). The maximum absolute atomic E-state index is 13.4. The van der Waals surface area contributed by atoms with E-state index >= 15 is 0 Å². The highest BCUT2D eigenvalue weighted by Crippen LogP contribution is 2.54. The minimum absolute atomic E-state index is 0.0416. The molecule has 11 heteroatoms. The molecule has 2 aromatic heterocycles. The number of carboxylic acids is 1. The molecule has 2 fully saturated rings. The minimum atomic E-state index is -2.84. The van der Waals surface area contributed by atoms with Crippen LogP contribution in [-0.2, 0) is 16.8 Å². The Morgan fingerprint density at radius 1 is 1.26 bits per heavy atom. The smallest absolute Gasteiger partial charge is 0.311 e. The van der Waals surface area contributed by atoms with Crippen LogP contribution in [0.2, 0.25) is 5.02 Å². The lowest BCUT2D eigenvalue weighted by molar-refractivity contribution is -0.144. The Hall–Kier alpha value is -2.88. The van der Waals surface area contributed by atoms with Crippen LogP contribution in [0.5, 0.6) is 0 Å². The van der Waals surface area contributed by atoms with Gasteiger partial charge in [0.05, 0.1) is 17.4 Å². The molecular formula is C20H16ClF3N4O3. The van der Waals surface area contributed by atoms with Crippen molar-refractivity contribution >= 4 is 17.6 Å². The standard InChI is InChI=1S/C20H16ClF3N4O3/c21-12-7-10(22)1-2-11(12)20(5-6-20)17-25-16(31-27-17)14-8-13(15(23)24)26-28(14)9-19(3-4-19)18(29)30/h1-2,7-8,15H,3-6,9H2,(H,29,30). The lowest BCUT2D eigenvalue weighted by Gasteiger charge is -2.13. The molecule has 0 radical (unpaired) electrons. The molecule has 0 amide bonds. The number of hydrogen-bond acceptors (Lipinski definition) is 5. The molecule has 2 aliphatic carbocycles. The molecule has 0 bridgehead atoms. The summed E-state index contributed by atoms with van der Waals surface area (Å²) in [5.74, 6) is -1.20. The molecule has 2 aliphatic rings. The van der Waals surface area contributed by atoms with Gasteiger partial charge in [-0.2, -0.15) is 10.1 Å².